The fourth-order valence-electron chi connectivity index (χ4n) is 3.73. The molecule has 27 heavy (non-hydrogen) atoms. The lowest BCUT2D eigenvalue weighted by molar-refractivity contribution is -0.158. The Hall–Kier alpha value is -1.84. The normalized spacial score (nSPS) is 19.5. The van der Waals surface area contributed by atoms with Crippen LogP contribution in [0.15, 0.2) is 24.3 Å². The smallest absolute Gasteiger partial charge is 0.315 e. The number of rotatable bonds is 10. The largest absolute Gasteiger partial charge is 0.465 e. The lowest BCUT2D eigenvalue weighted by Gasteiger charge is -2.28. The minimum atomic E-state index is -0.392. The van der Waals surface area contributed by atoms with Gasteiger partial charge in [0.2, 0.25) is 0 Å². The Balaban J connectivity index is 1.80. The number of carbonyl (C=O) groups excluding carboxylic acids is 2. The van der Waals surface area contributed by atoms with E-state index in [1.165, 1.54) is 25.7 Å². The lowest BCUT2D eigenvalue weighted by Crippen LogP contribution is -2.36. The zero-order chi connectivity index (χ0) is 19.5. The summed E-state index contributed by atoms with van der Waals surface area (Å²) >= 11 is 0. The second kappa shape index (κ2) is 11.8. The molecule has 150 valence electrons. The van der Waals surface area contributed by atoms with Crippen molar-refractivity contribution in [3.8, 4) is 5.75 Å². The SMILES string of the molecule is CCCCCCCCOC(=O)C1CCCCC1C(=O)Oc1cccc(C)c1. The molecule has 0 N–H and O–H groups in total. The summed E-state index contributed by atoms with van der Waals surface area (Å²) in [5.41, 5.74) is 1.04. The summed E-state index contributed by atoms with van der Waals surface area (Å²) in [5.74, 6) is -0.742. The van der Waals surface area contributed by atoms with Crippen LogP contribution in [0.3, 0.4) is 0 Å². The molecule has 0 radical (unpaired) electrons. The first-order chi connectivity index (χ1) is 13.1. The van der Waals surface area contributed by atoms with Crippen molar-refractivity contribution in [2.75, 3.05) is 6.61 Å². The summed E-state index contributed by atoms with van der Waals surface area (Å²) in [4.78, 5) is 25.2. The highest BCUT2D eigenvalue weighted by molar-refractivity contribution is 5.83. The third kappa shape index (κ3) is 7.36. The Labute approximate surface area is 163 Å². The summed E-state index contributed by atoms with van der Waals surface area (Å²) < 4.78 is 11.0. The van der Waals surface area contributed by atoms with E-state index >= 15 is 0 Å². The summed E-state index contributed by atoms with van der Waals surface area (Å²) in [6.45, 7) is 4.62. The highest BCUT2D eigenvalue weighted by Crippen LogP contribution is 2.32. The predicted molar refractivity (Wildman–Crippen MR) is 107 cm³/mol. The average Bonchev–Trinajstić information content (AvgIpc) is 2.67. The minimum absolute atomic E-state index is 0.227. The van der Waals surface area contributed by atoms with Crippen LogP contribution in [-0.4, -0.2) is 18.5 Å². The number of esters is 2. The number of carbonyl (C=O) groups is 2. The molecule has 0 amide bonds. The van der Waals surface area contributed by atoms with Gasteiger partial charge in [0, 0.05) is 0 Å². The second-order valence-electron chi connectivity index (χ2n) is 7.67. The van der Waals surface area contributed by atoms with Crippen LogP contribution >= 0.6 is 0 Å². The molecular formula is C23H34O4. The highest BCUT2D eigenvalue weighted by Gasteiger charge is 2.38. The molecule has 4 nitrogen and oxygen atoms in total. The predicted octanol–water partition coefficient (Wildman–Crippen LogP) is 5.61. The van der Waals surface area contributed by atoms with Crippen LogP contribution in [0.4, 0.5) is 0 Å². The van der Waals surface area contributed by atoms with Crippen LogP contribution in [-0.2, 0) is 14.3 Å². The number of hydrogen-bond acceptors (Lipinski definition) is 4. The summed E-state index contributed by atoms with van der Waals surface area (Å²) in [5, 5.41) is 0. The van der Waals surface area contributed by atoms with E-state index < -0.39 is 5.92 Å². The maximum absolute atomic E-state index is 12.6. The summed E-state index contributed by atoms with van der Waals surface area (Å²) in [6, 6.07) is 7.44. The van der Waals surface area contributed by atoms with Gasteiger partial charge in [-0.25, -0.2) is 0 Å². The molecule has 1 aromatic rings. The van der Waals surface area contributed by atoms with E-state index in [2.05, 4.69) is 6.92 Å². The molecule has 1 aliphatic carbocycles. The van der Waals surface area contributed by atoms with Crippen LogP contribution in [0, 0.1) is 18.8 Å². The third-order valence-electron chi connectivity index (χ3n) is 5.32. The van der Waals surface area contributed by atoms with Crippen molar-refractivity contribution in [2.24, 2.45) is 11.8 Å². The van der Waals surface area contributed by atoms with Gasteiger partial charge in [-0.2, -0.15) is 0 Å². The minimum Gasteiger partial charge on any atom is -0.465 e. The maximum atomic E-state index is 12.6. The van der Waals surface area contributed by atoms with Crippen molar-refractivity contribution in [1.29, 1.82) is 0 Å². The third-order valence-corrected chi connectivity index (χ3v) is 5.32. The van der Waals surface area contributed by atoms with Crippen molar-refractivity contribution in [3.63, 3.8) is 0 Å². The molecule has 0 aliphatic heterocycles. The van der Waals surface area contributed by atoms with Crippen LogP contribution in [0.25, 0.3) is 0 Å². The summed E-state index contributed by atoms with van der Waals surface area (Å²) in [6.07, 6.45) is 10.3. The second-order valence-corrected chi connectivity index (χ2v) is 7.67. The zero-order valence-corrected chi connectivity index (χ0v) is 16.9. The van der Waals surface area contributed by atoms with Crippen LogP contribution < -0.4 is 4.74 Å². The number of ether oxygens (including phenoxy) is 2. The zero-order valence-electron chi connectivity index (χ0n) is 16.9. The maximum Gasteiger partial charge on any atom is 0.315 e. The molecule has 1 aliphatic rings. The van der Waals surface area contributed by atoms with Gasteiger partial charge >= 0.3 is 11.9 Å². The van der Waals surface area contributed by atoms with Crippen molar-refractivity contribution in [3.05, 3.63) is 29.8 Å². The van der Waals surface area contributed by atoms with E-state index in [4.69, 9.17) is 9.47 Å². The average molecular weight is 375 g/mol. The van der Waals surface area contributed by atoms with Crippen molar-refractivity contribution in [1.82, 2.24) is 0 Å². The number of benzene rings is 1. The lowest BCUT2D eigenvalue weighted by atomic mass is 9.79. The number of aryl methyl sites for hydroxylation is 1. The topological polar surface area (TPSA) is 52.6 Å². The van der Waals surface area contributed by atoms with E-state index in [0.29, 0.717) is 25.2 Å². The first-order valence-electron chi connectivity index (χ1n) is 10.6. The molecule has 0 heterocycles. The Morgan fingerprint density at radius 1 is 0.963 bits per heavy atom. The first-order valence-corrected chi connectivity index (χ1v) is 10.6. The highest BCUT2D eigenvalue weighted by atomic mass is 16.5. The van der Waals surface area contributed by atoms with Gasteiger partial charge < -0.3 is 9.47 Å². The Bertz CT molecular complexity index is 596. The number of hydrogen-bond donors (Lipinski definition) is 0. The first kappa shape index (κ1) is 21.5. The molecular weight excluding hydrogens is 340 g/mol. The summed E-state index contributed by atoms with van der Waals surface area (Å²) in [7, 11) is 0. The van der Waals surface area contributed by atoms with Gasteiger partial charge in [-0.15, -0.1) is 0 Å². The van der Waals surface area contributed by atoms with E-state index in [9.17, 15) is 9.59 Å². The van der Waals surface area contributed by atoms with Crippen molar-refractivity contribution in [2.45, 2.75) is 78.1 Å². The fourth-order valence-corrected chi connectivity index (χ4v) is 3.73. The number of unbranched alkanes of at least 4 members (excludes halogenated alkanes) is 5. The molecule has 1 saturated carbocycles. The van der Waals surface area contributed by atoms with Gasteiger partial charge in [-0.3, -0.25) is 9.59 Å². The van der Waals surface area contributed by atoms with Gasteiger partial charge in [0.15, 0.2) is 0 Å². The van der Waals surface area contributed by atoms with E-state index in [-0.39, 0.29) is 17.9 Å². The van der Waals surface area contributed by atoms with Crippen LogP contribution in [0.2, 0.25) is 0 Å². The van der Waals surface area contributed by atoms with E-state index in [1.54, 1.807) is 6.07 Å². The van der Waals surface area contributed by atoms with Gasteiger partial charge in [-0.1, -0.05) is 64.0 Å². The van der Waals surface area contributed by atoms with Gasteiger partial charge in [0.25, 0.3) is 0 Å². The van der Waals surface area contributed by atoms with Gasteiger partial charge in [0.05, 0.1) is 18.4 Å². The Morgan fingerprint density at radius 3 is 2.33 bits per heavy atom. The Kier molecular flexibility index (Phi) is 9.37. The fraction of sp³-hybridized carbons (Fsp3) is 0.652. The quantitative estimate of drug-likeness (QED) is 0.303. The molecule has 2 unspecified atom stereocenters. The molecule has 0 aromatic heterocycles. The monoisotopic (exact) mass is 374 g/mol. The molecule has 0 saturated heterocycles. The van der Waals surface area contributed by atoms with Crippen LogP contribution in [0.1, 0.15) is 76.7 Å². The Morgan fingerprint density at radius 2 is 1.63 bits per heavy atom. The molecule has 0 bridgehead atoms. The van der Waals surface area contributed by atoms with Gasteiger partial charge in [0.1, 0.15) is 5.75 Å². The molecule has 2 rings (SSSR count). The van der Waals surface area contributed by atoms with E-state index in [0.717, 1.165) is 31.2 Å². The van der Waals surface area contributed by atoms with Crippen LogP contribution in [0.5, 0.6) is 5.75 Å². The molecule has 2 atom stereocenters. The van der Waals surface area contributed by atoms with E-state index in [1.807, 2.05) is 25.1 Å². The standard InChI is InChI=1S/C23H34O4/c1-3-4-5-6-7-10-16-26-22(24)20-14-8-9-15-21(20)23(25)27-19-13-11-12-18(2)17-19/h11-13,17,20-21H,3-10,14-16H2,1-2H3. The molecule has 4 heteroatoms. The molecule has 0 spiro atoms. The molecule has 1 fully saturated rings. The van der Waals surface area contributed by atoms with Crippen molar-refractivity contribution >= 4 is 11.9 Å². The van der Waals surface area contributed by atoms with Gasteiger partial charge in [-0.05, 0) is 43.9 Å². The molecule has 1 aromatic carbocycles. The van der Waals surface area contributed by atoms with Crippen molar-refractivity contribution < 1.29 is 19.1 Å².